The summed E-state index contributed by atoms with van der Waals surface area (Å²) in [6.07, 6.45) is -14.8. The molecule has 5 rings (SSSR count). The minimum absolute atomic E-state index is 0.0367. The fourth-order valence-corrected chi connectivity index (χ4v) is 7.11. The second kappa shape index (κ2) is 9.93. The summed E-state index contributed by atoms with van der Waals surface area (Å²) in [4.78, 5) is 14.7. The first-order valence-electron chi connectivity index (χ1n) is 12.9. The van der Waals surface area contributed by atoms with Gasteiger partial charge < -0.3 is 20.1 Å². The van der Waals surface area contributed by atoms with Crippen LogP contribution in [-0.4, -0.2) is 79.8 Å². The number of fused-ring (bicyclic) bond motifs is 1. The van der Waals surface area contributed by atoms with Crippen molar-refractivity contribution in [2.45, 2.75) is 50.0 Å². The van der Waals surface area contributed by atoms with Gasteiger partial charge in [0.2, 0.25) is 0 Å². The summed E-state index contributed by atoms with van der Waals surface area (Å²) in [7, 11) is 0. The van der Waals surface area contributed by atoms with E-state index in [1.54, 1.807) is 4.90 Å². The topological polar surface area (TPSA) is 65.0 Å². The van der Waals surface area contributed by atoms with E-state index in [9.17, 15) is 49.4 Å². The highest BCUT2D eigenvalue weighted by atomic mass is 19.4. The van der Waals surface area contributed by atoms with E-state index in [-0.39, 0.29) is 23.2 Å². The van der Waals surface area contributed by atoms with Gasteiger partial charge in [-0.25, -0.2) is 0 Å². The molecule has 2 N–H and O–H groups in total. The van der Waals surface area contributed by atoms with E-state index >= 15 is 0 Å². The molecule has 5 unspecified atom stereocenters. The van der Waals surface area contributed by atoms with Crippen LogP contribution in [0, 0.1) is 23.2 Å². The molecule has 0 radical (unpaired) electrons. The zero-order valence-corrected chi connectivity index (χ0v) is 21.0. The summed E-state index contributed by atoms with van der Waals surface area (Å²) in [5.74, 6) is -7.95. The maximum atomic E-state index is 14.4. The number of carboxylic acids is 1. The van der Waals surface area contributed by atoms with E-state index in [1.807, 2.05) is 5.32 Å². The first kappa shape index (κ1) is 29.2. The van der Waals surface area contributed by atoms with Gasteiger partial charge in [0.25, 0.3) is 0 Å². The second-order valence-electron chi connectivity index (χ2n) is 11.4. The van der Waals surface area contributed by atoms with E-state index in [1.165, 1.54) is 23.1 Å². The molecule has 1 spiro atoms. The minimum atomic E-state index is -5.70. The summed E-state index contributed by atoms with van der Waals surface area (Å²) in [6.45, 7) is 0.663. The molecule has 6 nitrogen and oxygen atoms in total. The number of carbonyl (C=O) groups is 1. The lowest BCUT2D eigenvalue weighted by molar-refractivity contribution is -0.293. The Labute approximate surface area is 223 Å². The van der Waals surface area contributed by atoms with Gasteiger partial charge in [-0.2, -0.15) is 39.5 Å². The Morgan fingerprint density at radius 1 is 1.05 bits per heavy atom. The summed E-state index contributed by atoms with van der Waals surface area (Å²) in [6, 6.07) is 0.0657. The van der Waals surface area contributed by atoms with Crippen LogP contribution in [-0.2, 0) is 22.3 Å². The molecule has 4 aliphatic rings. The van der Waals surface area contributed by atoms with Crippen molar-refractivity contribution >= 4 is 11.7 Å². The van der Waals surface area contributed by atoms with E-state index in [0.29, 0.717) is 32.7 Å². The number of halogens is 9. The number of alkyl halides is 9. The highest BCUT2D eigenvalue weighted by Gasteiger charge is 2.66. The molecule has 1 aromatic rings. The number of nitrogens with zero attached hydrogens (tertiary/aromatic N) is 2. The lowest BCUT2D eigenvalue weighted by atomic mass is 9.84. The number of likely N-dealkylation sites (tertiary alicyclic amines) is 1. The third kappa shape index (κ3) is 5.36. The Morgan fingerprint density at radius 2 is 1.73 bits per heavy atom. The average Bonchev–Trinajstić information content (AvgIpc) is 3.58. The third-order valence-electron chi connectivity index (χ3n) is 8.85. The molecule has 15 heteroatoms. The Morgan fingerprint density at radius 3 is 2.30 bits per heavy atom. The van der Waals surface area contributed by atoms with Crippen molar-refractivity contribution in [1.29, 1.82) is 0 Å². The van der Waals surface area contributed by atoms with Gasteiger partial charge in [-0.15, -0.1) is 0 Å². The molecule has 4 aliphatic heterocycles. The smallest absolute Gasteiger partial charge is 0.418 e. The number of nitrogens with one attached hydrogen (secondary N) is 1. The maximum Gasteiger partial charge on any atom is 0.418 e. The Balaban J connectivity index is 1.42. The van der Waals surface area contributed by atoms with Crippen LogP contribution in [0.25, 0.3) is 0 Å². The van der Waals surface area contributed by atoms with Crippen LogP contribution in [0.3, 0.4) is 0 Å². The SMILES string of the molecule is O=C(O)C1NC(C(C(F)(F)F)C(F)(F)F)C2CN(Cc3cccc(N4CCC5(CCOC5)C4)c3C(F)(F)F)CC12. The number of anilines is 1. The zero-order valence-electron chi connectivity index (χ0n) is 21.0. The Bertz CT molecular complexity index is 1100. The van der Waals surface area contributed by atoms with E-state index in [4.69, 9.17) is 4.74 Å². The molecule has 40 heavy (non-hydrogen) atoms. The molecule has 1 aromatic carbocycles. The minimum Gasteiger partial charge on any atom is -0.480 e. The Kier molecular flexibility index (Phi) is 7.26. The third-order valence-corrected chi connectivity index (χ3v) is 8.85. The summed E-state index contributed by atoms with van der Waals surface area (Å²) >= 11 is 0. The van der Waals surface area contributed by atoms with Gasteiger partial charge in [0.1, 0.15) is 6.04 Å². The number of hydrogen-bond acceptors (Lipinski definition) is 5. The normalized spacial score (nSPS) is 31.6. The number of ether oxygens (including phenoxy) is 1. The predicted octanol–water partition coefficient (Wildman–Crippen LogP) is 4.54. The molecule has 224 valence electrons. The van der Waals surface area contributed by atoms with Crippen LogP contribution in [0.4, 0.5) is 45.2 Å². The molecule has 0 amide bonds. The summed E-state index contributed by atoms with van der Waals surface area (Å²) in [5.41, 5.74) is -1.35. The van der Waals surface area contributed by atoms with E-state index in [0.717, 1.165) is 6.42 Å². The van der Waals surface area contributed by atoms with Crippen molar-refractivity contribution in [3.63, 3.8) is 0 Å². The van der Waals surface area contributed by atoms with Crippen molar-refractivity contribution in [3.05, 3.63) is 29.3 Å². The van der Waals surface area contributed by atoms with Crippen LogP contribution < -0.4 is 10.2 Å². The van der Waals surface area contributed by atoms with Gasteiger partial charge in [0.05, 0.1) is 12.2 Å². The second-order valence-corrected chi connectivity index (χ2v) is 11.4. The standard InChI is InChI=1S/C25H28F9N3O3/c26-23(27,28)17-13(2-1-3-16(17)37-6-4-22(11-37)5-7-40-12-22)8-36-9-14-15(10-36)19(21(38)39)35-18(14)20(24(29,30)31)25(32,33)34/h1-3,14-15,18-20,35H,4-12H2,(H,38,39). The van der Waals surface area contributed by atoms with Crippen molar-refractivity contribution in [3.8, 4) is 0 Å². The number of benzene rings is 1. The molecule has 5 atom stereocenters. The molecule has 4 saturated heterocycles. The average molecular weight is 589 g/mol. The first-order valence-corrected chi connectivity index (χ1v) is 12.9. The zero-order chi connectivity index (χ0) is 29.3. The molecule has 0 aliphatic carbocycles. The van der Waals surface area contributed by atoms with Gasteiger partial charge in [-0.1, -0.05) is 12.1 Å². The maximum absolute atomic E-state index is 14.4. The van der Waals surface area contributed by atoms with Crippen LogP contribution in [0.15, 0.2) is 18.2 Å². The largest absolute Gasteiger partial charge is 0.480 e. The quantitative estimate of drug-likeness (QED) is 0.493. The molecule has 0 saturated carbocycles. The fourth-order valence-electron chi connectivity index (χ4n) is 7.11. The highest BCUT2D eigenvalue weighted by molar-refractivity contribution is 5.74. The number of carboxylic acid groups (broad SMARTS) is 1. The molecular formula is C25H28F9N3O3. The number of aliphatic carboxylic acids is 1. The van der Waals surface area contributed by atoms with Gasteiger partial charge in [0.15, 0.2) is 5.92 Å². The van der Waals surface area contributed by atoms with Crippen LogP contribution in [0.5, 0.6) is 0 Å². The molecule has 0 bridgehead atoms. The first-order chi connectivity index (χ1) is 18.5. The van der Waals surface area contributed by atoms with Crippen LogP contribution >= 0.6 is 0 Å². The van der Waals surface area contributed by atoms with E-state index < -0.39 is 73.0 Å². The summed E-state index contributed by atoms with van der Waals surface area (Å²) < 4.78 is 130. The van der Waals surface area contributed by atoms with Crippen LogP contribution in [0.2, 0.25) is 0 Å². The van der Waals surface area contributed by atoms with Crippen molar-refractivity contribution in [1.82, 2.24) is 10.2 Å². The highest BCUT2D eigenvalue weighted by Crippen LogP contribution is 2.50. The van der Waals surface area contributed by atoms with Crippen molar-refractivity contribution in [2.24, 2.45) is 23.2 Å². The fraction of sp³-hybridized carbons (Fsp3) is 0.720. The van der Waals surface area contributed by atoms with E-state index in [2.05, 4.69) is 0 Å². The Hall–Kier alpha value is -2.26. The van der Waals surface area contributed by atoms with Crippen molar-refractivity contribution < 1.29 is 54.2 Å². The number of rotatable bonds is 5. The monoisotopic (exact) mass is 589 g/mol. The van der Waals surface area contributed by atoms with Gasteiger partial charge in [0, 0.05) is 62.4 Å². The van der Waals surface area contributed by atoms with Gasteiger partial charge in [-0.05, 0) is 30.4 Å². The molecule has 4 fully saturated rings. The van der Waals surface area contributed by atoms with Gasteiger partial charge >= 0.3 is 24.5 Å². The van der Waals surface area contributed by atoms with Crippen molar-refractivity contribution in [2.75, 3.05) is 44.3 Å². The predicted molar refractivity (Wildman–Crippen MR) is 122 cm³/mol. The molecule has 0 aromatic heterocycles. The van der Waals surface area contributed by atoms with Crippen LogP contribution in [0.1, 0.15) is 24.0 Å². The summed E-state index contributed by atoms with van der Waals surface area (Å²) in [5, 5.41) is 11.6. The lowest BCUT2D eigenvalue weighted by Gasteiger charge is -2.32. The van der Waals surface area contributed by atoms with Gasteiger partial charge in [-0.3, -0.25) is 9.69 Å². The number of hydrogen-bond donors (Lipinski definition) is 2. The lowest BCUT2D eigenvalue weighted by Crippen LogP contribution is -2.53. The molecule has 4 heterocycles. The molecular weight excluding hydrogens is 561 g/mol.